The van der Waals surface area contributed by atoms with E-state index in [1.807, 2.05) is 0 Å². The van der Waals surface area contributed by atoms with Crippen LogP contribution in [-0.2, 0) is 9.47 Å². The summed E-state index contributed by atoms with van der Waals surface area (Å²) in [5.74, 6) is 0. The van der Waals surface area contributed by atoms with Gasteiger partial charge in [0.1, 0.15) is 6.10 Å². The maximum Gasteiger partial charge on any atom is 0.104 e. The highest BCUT2D eigenvalue weighted by Crippen LogP contribution is 2.11. The van der Waals surface area contributed by atoms with Crippen LogP contribution in [0.3, 0.4) is 0 Å². The normalized spacial score (nSPS) is 22.4. The molecule has 1 aliphatic rings. The van der Waals surface area contributed by atoms with E-state index >= 15 is 0 Å². The lowest BCUT2D eigenvalue weighted by Crippen LogP contribution is -2.40. The monoisotopic (exact) mass is 187 g/mol. The fourth-order valence-corrected chi connectivity index (χ4v) is 1.61. The van der Waals surface area contributed by atoms with Gasteiger partial charge in [-0.1, -0.05) is 6.92 Å². The Hall–Kier alpha value is -0.120. The third kappa shape index (κ3) is 4.07. The van der Waals surface area contributed by atoms with Gasteiger partial charge in [-0.15, -0.1) is 0 Å². The van der Waals surface area contributed by atoms with E-state index in [1.165, 1.54) is 0 Å². The maximum atomic E-state index is 5.74. The minimum absolute atomic E-state index is 0.336. The summed E-state index contributed by atoms with van der Waals surface area (Å²) < 4.78 is 10.8. The predicted octanol–water partition coefficient (Wildman–Crippen LogP) is 1.18. The Morgan fingerprint density at radius 2 is 2.15 bits per heavy atom. The summed E-state index contributed by atoms with van der Waals surface area (Å²) in [5, 5.41) is 3.37. The summed E-state index contributed by atoms with van der Waals surface area (Å²) in [5.41, 5.74) is 0. The molecule has 0 spiro atoms. The van der Waals surface area contributed by atoms with Crippen LogP contribution in [0.2, 0.25) is 0 Å². The van der Waals surface area contributed by atoms with Crippen molar-refractivity contribution in [2.45, 2.75) is 45.4 Å². The van der Waals surface area contributed by atoms with Crippen LogP contribution in [0.5, 0.6) is 0 Å². The van der Waals surface area contributed by atoms with Crippen molar-refractivity contribution in [1.82, 2.24) is 5.32 Å². The van der Waals surface area contributed by atoms with Gasteiger partial charge in [-0.3, -0.25) is 0 Å². The number of hydrogen-bond acceptors (Lipinski definition) is 3. The molecule has 3 nitrogen and oxygen atoms in total. The van der Waals surface area contributed by atoms with Crippen LogP contribution in [0.15, 0.2) is 0 Å². The van der Waals surface area contributed by atoms with E-state index < -0.39 is 0 Å². The lowest BCUT2D eigenvalue weighted by Gasteiger charge is -2.30. The Kier molecular flexibility index (Phi) is 4.70. The van der Waals surface area contributed by atoms with Crippen molar-refractivity contribution < 1.29 is 9.47 Å². The van der Waals surface area contributed by atoms with Gasteiger partial charge in [0.25, 0.3) is 0 Å². The van der Waals surface area contributed by atoms with Gasteiger partial charge in [-0.2, -0.15) is 0 Å². The molecule has 0 aromatic carbocycles. The van der Waals surface area contributed by atoms with Gasteiger partial charge >= 0.3 is 0 Å². The summed E-state index contributed by atoms with van der Waals surface area (Å²) >= 11 is 0. The number of nitrogens with one attached hydrogen (secondary N) is 1. The molecule has 0 aromatic rings. The van der Waals surface area contributed by atoms with Crippen LogP contribution in [0.4, 0.5) is 0 Å². The summed E-state index contributed by atoms with van der Waals surface area (Å²) in [7, 11) is 0. The molecule has 1 heterocycles. The summed E-state index contributed by atoms with van der Waals surface area (Å²) in [6, 6.07) is 0.543. The van der Waals surface area contributed by atoms with E-state index in [1.54, 1.807) is 0 Å². The molecule has 1 saturated heterocycles. The van der Waals surface area contributed by atoms with Crippen LogP contribution >= 0.6 is 0 Å². The summed E-state index contributed by atoms with van der Waals surface area (Å²) in [6.07, 6.45) is 1.76. The first-order chi connectivity index (χ1) is 6.22. The smallest absolute Gasteiger partial charge is 0.104 e. The number of ether oxygens (including phenoxy) is 2. The van der Waals surface area contributed by atoms with Gasteiger partial charge in [-0.25, -0.2) is 0 Å². The Morgan fingerprint density at radius 1 is 1.46 bits per heavy atom. The van der Waals surface area contributed by atoms with E-state index in [-0.39, 0.29) is 0 Å². The third-order valence-electron chi connectivity index (χ3n) is 2.27. The number of hydrogen-bond donors (Lipinski definition) is 1. The van der Waals surface area contributed by atoms with Crippen molar-refractivity contribution in [3.05, 3.63) is 0 Å². The molecule has 13 heavy (non-hydrogen) atoms. The van der Waals surface area contributed by atoms with Crippen molar-refractivity contribution >= 4 is 0 Å². The second-order valence-electron chi connectivity index (χ2n) is 3.80. The van der Waals surface area contributed by atoms with Gasteiger partial charge in [0.05, 0.1) is 19.3 Å². The molecule has 1 N–H and O–H groups in total. The van der Waals surface area contributed by atoms with Crippen molar-refractivity contribution in [2.75, 3.05) is 19.8 Å². The molecule has 1 rings (SSSR count). The molecule has 2 unspecified atom stereocenters. The lowest BCUT2D eigenvalue weighted by molar-refractivity contribution is -0.152. The molecule has 0 bridgehead atoms. The van der Waals surface area contributed by atoms with E-state index in [0.717, 1.165) is 26.2 Å². The van der Waals surface area contributed by atoms with E-state index in [0.29, 0.717) is 18.2 Å². The lowest BCUT2D eigenvalue weighted by atomic mass is 10.1. The molecule has 1 fully saturated rings. The van der Waals surface area contributed by atoms with Crippen LogP contribution in [-0.4, -0.2) is 38.0 Å². The SMILES string of the molecule is CCNC(C)CC(C)OC1COC1. The molecule has 0 amide bonds. The van der Waals surface area contributed by atoms with E-state index in [9.17, 15) is 0 Å². The predicted molar refractivity (Wildman–Crippen MR) is 52.9 cm³/mol. The maximum absolute atomic E-state index is 5.74. The van der Waals surface area contributed by atoms with Crippen LogP contribution in [0.25, 0.3) is 0 Å². The van der Waals surface area contributed by atoms with Gasteiger partial charge in [0, 0.05) is 6.04 Å². The average Bonchev–Trinajstić information content (AvgIpc) is 1.97. The Bertz CT molecular complexity index is 137. The quantitative estimate of drug-likeness (QED) is 0.677. The zero-order chi connectivity index (χ0) is 9.68. The summed E-state index contributed by atoms with van der Waals surface area (Å²) in [6.45, 7) is 9.04. The van der Waals surface area contributed by atoms with Crippen molar-refractivity contribution in [2.24, 2.45) is 0 Å². The molecule has 0 aromatic heterocycles. The molecule has 2 atom stereocenters. The number of rotatable bonds is 6. The summed E-state index contributed by atoms with van der Waals surface area (Å²) in [4.78, 5) is 0. The van der Waals surface area contributed by atoms with Gasteiger partial charge in [0.2, 0.25) is 0 Å². The molecule has 0 radical (unpaired) electrons. The highest BCUT2D eigenvalue weighted by Gasteiger charge is 2.21. The highest BCUT2D eigenvalue weighted by molar-refractivity contribution is 4.69. The van der Waals surface area contributed by atoms with Crippen LogP contribution in [0.1, 0.15) is 27.2 Å². The van der Waals surface area contributed by atoms with E-state index in [2.05, 4.69) is 26.1 Å². The molecule has 1 aliphatic heterocycles. The second-order valence-corrected chi connectivity index (χ2v) is 3.80. The van der Waals surface area contributed by atoms with Gasteiger partial charge < -0.3 is 14.8 Å². The standard InChI is InChI=1S/C10H21NO2/c1-4-11-8(2)5-9(3)13-10-6-12-7-10/h8-11H,4-7H2,1-3H3. The van der Waals surface area contributed by atoms with E-state index in [4.69, 9.17) is 9.47 Å². The zero-order valence-electron chi connectivity index (χ0n) is 8.88. The molecule has 0 saturated carbocycles. The Balaban J connectivity index is 2.04. The van der Waals surface area contributed by atoms with Crippen LogP contribution in [0, 0.1) is 0 Å². The van der Waals surface area contributed by atoms with Crippen molar-refractivity contribution in [3.63, 3.8) is 0 Å². The van der Waals surface area contributed by atoms with Gasteiger partial charge in [-0.05, 0) is 26.8 Å². The average molecular weight is 187 g/mol. The van der Waals surface area contributed by atoms with Crippen LogP contribution < -0.4 is 5.32 Å². The molecular weight excluding hydrogens is 166 g/mol. The highest BCUT2D eigenvalue weighted by atomic mass is 16.6. The van der Waals surface area contributed by atoms with Crippen molar-refractivity contribution in [1.29, 1.82) is 0 Å². The minimum atomic E-state index is 0.336. The first-order valence-corrected chi connectivity index (χ1v) is 5.19. The largest absolute Gasteiger partial charge is 0.376 e. The zero-order valence-corrected chi connectivity index (χ0v) is 8.88. The fraction of sp³-hybridized carbons (Fsp3) is 1.00. The fourth-order valence-electron chi connectivity index (χ4n) is 1.61. The Labute approximate surface area is 80.8 Å². The minimum Gasteiger partial charge on any atom is -0.376 e. The first kappa shape index (κ1) is 11.0. The third-order valence-corrected chi connectivity index (χ3v) is 2.27. The molecule has 3 heteroatoms. The first-order valence-electron chi connectivity index (χ1n) is 5.19. The van der Waals surface area contributed by atoms with Crippen molar-refractivity contribution in [3.8, 4) is 0 Å². The Morgan fingerprint density at radius 3 is 2.62 bits per heavy atom. The van der Waals surface area contributed by atoms with Gasteiger partial charge in [0.15, 0.2) is 0 Å². The molecular formula is C10H21NO2. The molecule has 0 aliphatic carbocycles. The topological polar surface area (TPSA) is 30.5 Å². The second kappa shape index (κ2) is 5.58. The molecule has 78 valence electrons.